The van der Waals surface area contributed by atoms with Crippen LogP contribution < -0.4 is 0 Å². The van der Waals surface area contributed by atoms with Crippen LogP contribution in [0.15, 0.2) is 12.2 Å². The molecule has 1 fully saturated rings. The molecule has 2 bridgehead atoms. The maximum absolute atomic E-state index is 11.3. The summed E-state index contributed by atoms with van der Waals surface area (Å²) in [5, 5.41) is 0. The molecule has 0 N–H and O–H groups in total. The highest BCUT2D eigenvalue weighted by molar-refractivity contribution is 5.69. The molecule has 0 spiro atoms. The molecule has 0 radical (unpaired) electrons. The minimum atomic E-state index is -0.0469. The van der Waals surface area contributed by atoms with E-state index in [0.717, 1.165) is 5.92 Å². The molecule has 0 aromatic heterocycles. The van der Waals surface area contributed by atoms with Gasteiger partial charge in [0.1, 0.15) is 0 Å². The van der Waals surface area contributed by atoms with Crippen LogP contribution in [0.4, 0.5) is 0 Å². The van der Waals surface area contributed by atoms with Crippen LogP contribution in [0.1, 0.15) is 26.2 Å². The van der Waals surface area contributed by atoms with Crippen LogP contribution in [-0.2, 0) is 9.53 Å². The van der Waals surface area contributed by atoms with E-state index in [1.54, 1.807) is 0 Å². The van der Waals surface area contributed by atoms with Crippen molar-refractivity contribution < 1.29 is 9.53 Å². The van der Waals surface area contributed by atoms with Gasteiger partial charge in [-0.25, -0.2) is 0 Å². The molecular weight excluding hydrogens is 176 g/mol. The summed E-state index contributed by atoms with van der Waals surface area (Å²) in [7, 11) is 1.48. The summed E-state index contributed by atoms with van der Waals surface area (Å²) >= 11 is 0. The standard InChI is InChI=1S/C12H18O2/c1-3-10-8-4-5-9(6-8)11(10)7-12(13)14-2/h4-5,8-11H,3,6-7H2,1-2H3. The van der Waals surface area contributed by atoms with Gasteiger partial charge in [-0.2, -0.15) is 0 Å². The molecule has 2 nitrogen and oxygen atoms in total. The number of esters is 1. The summed E-state index contributed by atoms with van der Waals surface area (Å²) in [6.45, 7) is 2.23. The Balaban J connectivity index is 2.04. The van der Waals surface area contributed by atoms with Gasteiger partial charge >= 0.3 is 5.97 Å². The number of carbonyl (C=O) groups excluding carboxylic acids is 1. The Labute approximate surface area is 85.3 Å². The van der Waals surface area contributed by atoms with Crippen molar-refractivity contribution in [3.05, 3.63) is 12.2 Å². The molecule has 78 valence electrons. The highest BCUT2D eigenvalue weighted by Crippen LogP contribution is 2.50. The molecule has 0 aliphatic heterocycles. The summed E-state index contributed by atoms with van der Waals surface area (Å²) in [5.41, 5.74) is 0. The predicted molar refractivity (Wildman–Crippen MR) is 54.6 cm³/mol. The number of rotatable bonds is 3. The van der Waals surface area contributed by atoms with E-state index in [-0.39, 0.29) is 5.97 Å². The van der Waals surface area contributed by atoms with Crippen molar-refractivity contribution in [3.63, 3.8) is 0 Å². The van der Waals surface area contributed by atoms with E-state index in [2.05, 4.69) is 19.1 Å². The number of hydrogen-bond donors (Lipinski definition) is 0. The SMILES string of the molecule is CCC1C2C=CC(C2)C1CC(=O)OC. The van der Waals surface area contributed by atoms with Crippen LogP contribution in [0.3, 0.4) is 0 Å². The van der Waals surface area contributed by atoms with E-state index >= 15 is 0 Å². The molecule has 0 aromatic carbocycles. The van der Waals surface area contributed by atoms with Crippen molar-refractivity contribution in [2.45, 2.75) is 26.2 Å². The Morgan fingerprint density at radius 1 is 1.36 bits per heavy atom. The number of methoxy groups -OCH3 is 1. The summed E-state index contributed by atoms with van der Waals surface area (Å²) in [5.74, 6) is 2.59. The fraction of sp³-hybridized carbons (Fsp3) is 0.750. The Morgan fingerprint density at radius 3 is 2.57 bits per heavy atom. The Bertz CT molecular complexity index is 257. The number of carbonyl (C=O) groups is 1. The van der Waals surface area contributed by atoms with Crippen LogP contribution in [0.25, 0.3) is 0 Å². The van der Waals surface area contributed by atoms with Gasteiger partial charge in [-0.3, -0.25) is 4.79 Å². The van der Waals surface area contributed by atoms with Crippen molar-refractivity contribution in [2.75, 3.05) is 7.11 Å². The lowest BCUT2D eigenvalue weighted by atomic mass is 9.79. The molecule has 0 amide bonds. The number of allylic oxidation sites excluding steroid dienone is 2. The van der Waals surface area contributed by atoms with Crippen LogP contribution in [0.5, 0.6) is 0 Å². The van der Waals surface area contributed by atoms with Gasteiger partial charge in [0.2, 0.25) is 0 Å². The number of fused-ring (bicyclic) bond motifs is 2. The molecular formula is C12H18O2. The van der Waals surface area contributed by atoms with Gasteiger partial charge in [-0.1, -0.05) is 25.5 Å². The van der Waals surface area contributed by atoms with E-state index in [0.29, 0.717) is 24.2 Å². The monoisotopic (exact) mass is 194 g/mol. The third-order valence-electron chi connectivity index (χ3n) is 3.90. The molecule has 2 aliphatic rings. The number of hydrogen-bond acceptors (Lipinski definition) is 2. The average molecular weight is 194 g/mol. The quantitative estimate of drug-likeness (QED) is 0.509. The second-order valence-corrected chi connectivity index (χ2v) is 4.46. The van der Waals surface area contributed by atoms with Crippen LogP contribution >= 0.6 is 0 Å². The first-order valence-corrected chi connectivity index (χ1v) is 5.51. The lowest BCUT2D eigenvalue weighted by Gasteiger charge is -2.25. The highest BCUT2D eigenvalue weighted by atomic mass is 16.5. The molecule has 0 heterocycles. The van der Waals surface area contributed by atoms with Gasteiger partial charge in [0.05, 0.1) is 7.11 Å². The van der Waals surface area contributed by atoms with Crippen molar-refractivity contribution >= 4 is 5.97 Å². The zero-order valence-electron chi connectivity index (χ0n) is 8.90. The fourth-order valence-corrected chi connectivity index (χ4v) is 3.21. The lowest BCUT2D eigenvalue weighted by molar-refractivity contribution is -0.142. The van der Waals surface area contributed by atoms with Crippen molar-refractivity contribution in [1.29, 1.82) is 0 Å². The molecule has 2 heteroatoms. The topological polar surface area (TPSA) is 26.3 Å². The molecule has 0 saturated heterocycles. The van der Waals surface area contributed by atoms with Crippen molar-refractivity contribution in [1.82, 2.24) is 0 Å². The van der Waals surface area contributed by atoms with Gasteiger partial charge < -0.3 is 4.74 Å². The number of ether oxygens (including phenoxy) is 1. The minimum Gasteiger partial charge on any atom is -0.469 e. The summed E-state index contributed by atoms with van der Waals surface area (Å²) < 4.78 is 4.75. The highest BCUT2D eigenvalue weighted by Gasteiger charge is 2.43. The van der Waals surface area contributed by atoms with Gasteiger partial charge in [-0.15, -0.1) is 0 Å². The second kappa shape index (κ2) is 3.76. The van der Waals surface area contributed by atoms with Crippen molar-refractivity contribution in [2.24, 2.45) is 23.7 Å². The van der Waals surface area contributed by atoms with Crippen LogP contribution in [0.2, 0.25) is 0 Å². The molecule has 2 aliphatic carbocycles. The van der Waals surface area contributed by atoms with Gasteiger partial charge in [0, 0.05) is 6.42 Å². The first-order chi connectivity index (χ1) is 6.76. The fourth-order valence-electron chi connectivity index (χ4n) is 3.21. The van der Waals surface area contributed by atoms with E-state index < -0.39 is 0 Å². The maximum atomic E-state index is 11.3. The van der Waals surface area contributed by atoms with Gasteiger partial charge in [-0.05, 0) is 30.1 Å². The van der Waals surface area contributed by atoms with E-state index in [9.17, 15) is 4.79 Å². The molecule has 4 unspecified atom stereocenters. The maximum Gasteiger partial charge on any atom is 0.305 e. The second-order valence-electron chi connectivity index (χ2n) is 4.46. The zero-order valence-corrected chi connectivity index (χ0v) is 8.90. The summed E-state index contributed by atoms with van der Waals surface area (Å²) in [4.78, 5) is 11.3. The molecule has 2 rings (SSSR count). The Hall–Kier alpha value is -0.790. The van der Waals surface area contributed by atoms with Gasteiger partial charge in [0.25, 0.3) is 0 Å². The van der Waals surface area contributed by atoms with E-state index in [4.69, 9.17) is 4.74 Å². The van der Waals surface area contributed by atoms with Crippen molar-refractivity contribution in [3.8, 4) is 0 Å². The Kier molecular flexibility index (Phi) is 2.62. The minimum absolute atomic E-state index is 0.0469. The Morgan fingerprint density at radius 2 is 2.00 bits per heavy atom. The molecule has 1 saturated carbocycles. The zero-order chi connectivity index (χ0) is 10.1. The first kappa shape index (κ1) is 9.75. The smallest absolute Gasteiger partial charge is 0.305 e. The van der Waals surface area contributed by atoms with Gasteiger partial charge in [0.15, 0.2) is 0 Å². The summed E-state index contributed by atoms with van der Waals surface area (Å²) in [6.07, 6.45) is 7.70. The normalized spacial score (nSPS) is 39.0. The van der Waals surface area contributed by atoms with E-state index in [1.165, 1.54) is 20.0 Å². The third-order valence-corrected chi connectivity index (χ3v) is 3.90. The van der Waals surface area contributed by atoms with Crippen LogP contribution in [-0.4, -0.2) is 13.1 Å². The van der Waals surface area contributed by atoms with E-state index in [1.807, 2.05) is 0 Å². The van der Waals surface area contributed by atoms with Crippen LogP contribution in [0, 0.1) is 23.7 Å². The third kappa shape index (κ3) is 1.47. The first-order valence-electron chi connectivity index (χ1n) is 5.51. The largest absolute Gasteiger partial charge is 0.469 e. The molecule has 4 atom stereocenters. The lowest BCUT2D eigenvalue weighted by Crippen LogP contribution is -2.22. The molecule has 14 heavy (non-hydrogen) atoms. The summed E-state index contributed by atoms with van der Waals surface area (Å²) in [6, 6.07) is 0. The molecule has 0 aromatic rings. The predicted octanol–water partition coefficient (Wildman–Crippen LogP) is 2.40. The average Bonchev–Trinajstić information content (AvgIpc) is 2.77.